The van der Waals surface area contributed by atoms with E-state index < -0.39 is 5.97 Å². The Morgan fingerprint density at radius 3 is 2.57 bits per heavy atom. The van der Waals surface area contributed by atoms with Crippen molar-refractivity contribution in [3.05, 3.63) is 65.4 Å². The number of likely N-dealkylation sites (tertiary alicyclic amines) is 1. The highest BCUT2D eigenvalue weighted by Crippen LogP contribution is 2.35. The smallest absolute Gasteiger partial charge is 0.309 e. The number of rotatable bonds is 7. The van der Waals surface area contributed by atoms with Gasteiger partial charge in [0.2, 0.25) is 0 Å². The first-order chi connectivity index (χ1) is 14.4. The van der Waals surface area contributed by atoms with Gasteiger partial charge in [-0.3, -0.25) is 9.69 Å². The third kappa shape index (κ3) is 4.32. The van der Waals surface area contributed by atoms with Crippen LogP contribution in [0, 0.1) is 5.92 Å². The lowest BCUT2D eigenvalue weighted by Crippen LogP contribution is -2.49. The Morgan fingerprint density at radius 2 is 1.93 bits per heavy atom. The maximum absolute atomic E-state index is 11.0. The summed E-state index contributed by atoms with van der Waals surface area (Å²) < 4.78 is 0. The van der Waals surface area contributed by atoms with Crippen LogP contribution in [0.3, 0.4) is 0 Å². The third-order valence-corrected chi connectivity index (χ3v) is 6.94. The Bertz CT molecular complexity index is 1030. The monoisotopic (exact) mass is 420 g/mol. The number of hydrogen-bond acceptors (Lipinski definition) is 4. The molecule has 1 saturated heterocycles. The minimum absolute atomic E-state index is 0.210. The van der Waals surface area contributed by atoms with Crippen LogP contribution >= 0.6 is 11.3 Å². The fourth-order valence-corrected chi connectivity index (χ4v) is 4.91. The lowest BCUT2D eigenvalue weighted by atomic mass is 9.97. The second kappa shape index (κ2) is 8.70. The number of carbonyl (C=O) groups is 1. The minimum Gasteiger partial charge on any atom is -0.481 e. The molecular formula is C25H28N2O2S. The highest BCUT2D eigenvalue weighted by atomic mass is 32.1. The Labute approximate surface area is 182 Å². The molecule has 2 aromatic carbocycles. The fraction of sp³-hybridized carbons (Fsp3) is 0.360. The van der Waals surface area contributed by atoms with E-state index in [0.717, 1.165) is 18.0 Å². The van der Waals surface area contributed by atoms with Crippen LogP contribution in [0.1, 0.15) is 43.4 Å². The van der Waals surface area contributed by atoms with Crippen molar-refractivity contribution in [2.45, 2.75) is 39.7 Å². The summed E-state index contributed by atoms with van der Waals surface area (Å²) in [5.74, 6) is -0.361. The Hall–Kier alpha value is -2.50. The van der Waals surface area contributed by atoms with Gasteiger partial charge >= 0.3 is 5.97 Å². The van der Waals surface area contributed by atoms with Crippen LogP contribution in [-0.2, 0) is 17.8 Å². The number of hydrogen-bond donors (Lipinski definition) is 1. The number of aliphatic carboxylic acids is 1. The molecule has 3 aromatic rings. The molecule has 0 bridgehead atoms. The van der Waals surface area contributed by atoms with Crippen LogP contribution in [0.15, 0.2) is 48.7 Å². The zero-order chi connectivity index (χ0) is 21.3. The molecular weight excluding hydrogens is 392 g/mol. The molecule has 0 atom stereocenters. The lowest BCUT2D eigenvalue weighted by molar-refractivity contribution is -0.147. The summed E-state index contributed by atoms with van der Waals surface area (Å²) >= 11 is 1.74. The predicted octanol–water partition coefficient (Wildman–Crippen LogP) is 5.68. The van der Waals surface area contributed by atoms with Gasteiger partial charge < -0.3 is 5.11 Å². The van der Waals surface area contributed by atoms with E-state index >= 15 is 0 Å². The van der Waals surface area contributed by atoms with Crippen molar-refractivity contribution < 1.29 is 9.90 Å². The van der Waals surface area contributed by atoms with Gasteiger partial charge in [-0.25, -0.2) is 4.98 Å². The van der Waals surface area contributed by atoms with Gasteiger partial charge in [-0.15, -0.1) is 11.3 Å². The first kappa shape index (κ1) is 20.8. The highest BCUT2D eigenvalue weighted by Gasteiger charge is 2.32. The summed E-state index contributed by atoms with van der Waals surface area (Å²) in [7, 11) is 0. The van der Waals surface area contributed by atoms with Crippen molar-refractivity contribution in [3.63, 3.8) is 0 Å². The average molecular weight is 421 g/mol. The molecule has 5 heteroatoms. The normalized spacial score (nSPS) is 14.8. The molecule has 1 aromatic heterocycles. The summed E-state index contributed by atoms with van der Waals surface area (Å²) in [5.41, 5.74) is 6.29. The molecule has 156 valence electrons. The lowest BCUT2D eigenvalue weighted by Gasteiger charge is -2.36. The molecule has 2 heterocycles. The Kier molecular flexibility index (Phi) is 6.02. The summed E-state index contributed by atoms with van der Waals surface area (Å²) in [6, 6.07) is 15.4. The summed E-state index contributed by atoms with van der Waals surface area (Å²) in [4.78, 5) is 19.1. The van der Waals surface area contributed by atoms with Gasteiger partial charge in [-0.2, -0.15) is 0 Å². The summed E-state index contributed by atoms with van der Waals surface area (Å²) in [5, 5.41) is 10.1. The number of nitrogens with zero attached hydrogens (tertiary/aromatic N) is 2. The Balaban J connectivity index is 1.51. The SMILES string of the molecule is CCc1cc(CN2CC(C(=O)O)C2)ccc1-c1ncc(-c2ccc(C(C)C)cc2)s1. The van der Waals surface area contributed by atoms with Crippen LogP contribution in [0.4, 0.5) is 0 Å². The molecule has 1 aliphatic heterocycles. The fourth-order valence-electron chi connectivity index (χ4n) is 3.92. The molecule has 4 rings (SSSR count). The van der Waals surface area contributed by atoms with Crippen LogP contribution in [0.2, 0.25) is 0 Å². The van der Waals surface area contributed by atoms with E-state index in [1.165, 1.54) is 32.7 Å². The molecule has 0 saturated carbocycles. The maximum Gasteiger partial charge on any atom is 0.309 e. The zero-order valence-corrected chi connectivity index (χ0v) is 18.6. The van der Waals surface area contributed by atoms with Crippen molar-refractivity contribution in [1.82, 2.24) is 9.88 Å². The van der Waals surface area contributed by atoms with E-state index in [9.17, 15) is 4.79 Å². The number of aryl methyl sites for hydroxylation is 1. The number of carboxylic acid groups (broad SMARTS) is 1. The van der Waals surface area contributed by atoms with Gasteiger partial charge in [0.25, 0.3) is 0 Å². The first-order valence-electron chi connectivity index (χ1n) is 10.6. The molecule has 1 fully saturated rings. The molecule has 4 nitrogen and oxygen atoms in total. The third-order valence-electron chi connectivity index (χ3n) is 5.86. The Morgan fingerprint density at radius 1 is 1.20 bits per heavy atom. The second-order valence-corrected chi connectivity index (χ2v) is 9.41. The van der Waals surface area contributed by atoms with Crippen LogP contribution in [0.25, 0.3) is 21.0 Å². The molecule has 0 aliphatic carbocycles. The molecule has 30 heavy (non-hydrogen) atoms. The van der Waals surface area contributed by atoms with Crippen molar-refractivity contribution in [2.24, 2.45) is 5.92 Å². The van der Waals surface area contributed by atoms with Crippen LogP contribution < -0.4 is 0 Å². The summed E-state index contributed by atoms with van der Waals surface area (Å²) in [6.07, 6.45) is 2.92. The van der Waals surface area contributed by atoms with Crippen molar-refractivity contribution >= 4 is 17.3 Å². The van der Waals surface area contributed by atoms with Crippen molar-refractivity contribution in [2.75, 3.05) is 13.1 Å². The topological polar surface area (TPSA) is 53.4 Å². The molecule has 0 spiro atoms. The van der Waals surface area contributed by atoms with Crippen LogP contribution in [0.5, 0.6) is 0 Å². The average Bonchev–Trinajstić information content (AvgIpc) is 3.20. The van der Waals surface area contributed by atoms with Crippen molar-refractivity contribution in [1.29, 1.82) is 0 Å². The molecule has 0 radical (unpaired) electrons. The number of aromatic nitrogens is 1. The maximum atomic E-state index is 11.0. The van der Waals surface area contributed by atoms with Gasteiger partial charge in [0.15, 0.2) is 0 Å². The molecule has 0 unspecified atom stereocenters. The van der Waals surface area contributed by atoms with E-state index in [-0.39, 0.29) is 5.92 Å². The van der Waals surface area contributed by atoms with Gasteiger partial charge in [0, 0.05) is 31.4 Å². The predicted molar refractivity (Wildman–Crippen MR) is 123 cm³/mol. The quantitative estimate of drug-likeness (QED) is 0.534. The second-order valence-electron chi connectivity index (χ2n) is 8.38. The first-order valence-corrected chi connectivity index (χ1v) is 11.4. The standard InChI is InChI=1S/C25H28N2O2S/c1-4-18-11-17(13-27-14-21(15-27)25(28)29)5-10-22(18)24-26-12-23(30-24)20-8-6-19(7-9-20)16(2)3/h5-12,16,21H,4,13-15H2,1-3H3,(H,28,29). The van der Waals surface area contributed by atoms with E-state index in [1.54, 1.807) is 11.3 Å². The van der Waals surface area contributed by atoms with Gasteiger partial charge in [-0.1, -0.05) is 63.2 Å². The van der Waals surface area contributed by atoms with E-state index in [2.05, 4.69) is 68.1 Å². The van der Waals surface area contributed by atoms with Crippen molar-refractivity contribution in [3.8, 4) is 21.0 Å². The van der Waals surface area contributed by atoms with E-state index in [1.807, 2.05) is 6.20 Å². The molecule has 1 aliphatic rings. The highest BCUT2D eigenvalue weighted by molar-refractivity contribution is 7.18. The van der Waals surface area contributed by atoms with Gasteiger partial charge in [-0.05, 0) is 34.6 Å². The van der Waals surface area contributed by atoms with Crippen LogP contribution in [-0.4, -0.2) is 34.0 Å². The molecule has 0 amide bonds. The zero-order valence-electron chi connectivity index (χ0n) is 17.8. The molecule has 1 N–H and O–H groups in total. The minimum atomic E-state index is -0.686. The largest absolute Gasteiger partial charge is 0.481 e. The number of carboxylic acids is 1. The van der Waals surface area contributed by atoms with Gasteiger partial charge in [0.05, 0.1) is 10.8 Å². The van der Waals surface area contributed by atoms with E-state index in [0.29, 0.717) is 19.0 Å². The van der Waals surface area contributed by atoms with E-state index in [4.69, 9.17) is 10.1 Å². The number of benzene rings is 2. The number of thiazole rings is 1. The summed E-state index contributed by atoms with van der Waals surface area (Å²) in [6.45, 7) is 8.69. The van der Waals surface area contributed by atoms with Gasteiger partial charge in [0.1, 0.15) is 5.01 Å².